The summed E-state index contributed by atoms with van der Waals surface area (Å²) in [5.74, 6) is 1.40. The van der Waals surface area contributed by atoms with Crippen LogP contribution in [0.25, 0.3) is 0 Å². The molecule has 0 fully saturated rings. The van der Waals surface area contributed by atoms with E-state index in [-0.39, 0.29) is 5.84 Å². The van der Waals surface area contributed by atoms with Gasteiger partial charge < -0.3 is 15.2 Å². The lowest BCUT2D eigenvalue weighted by molar-refractivity contribution is 0.387. The third-order valence-electron chi connectivity index (χ3n) is 1.94. The molecule has 0 aromatic heterocycles. The van der Waals surface area contributed by atoms with E-state index in [9.17, 15) is 0 Å². The number of halogens is 1. The largest absolute Gasteiger partial charge is 0.496 e. The van der Waals surface area contributed by atoms with Gasteiger partial charge in [0.1, 0.15) is 11.5 Å². The van der Waals surface area contributed by atoms with Crippen LogP contribution in [0.2, 0.25) is 0 Å². The number of methoxy groups -OCH3 is 2. The molecule has 0 atom stereocenters. The van der Waals surface area contributed by atoms with Crippen LogP contribution in [0.15, 0.2) is 16.6 Å². The molecule has 5 heteroatoms. The van der Waals surface area contributed by atoms with Gasteiger partial charge in [0.25, 0.3) is 0 Å². The summed E-state index contributed by atoms with van der Waals surface area (Å²) in [6, 6.07) is 3.64. The van der Waals surface area contributed by atoms with Gasteiger partial charge in [0.2, 0.25) is 0 Å². The third-order valence-corrected chi connectivity index (χ3v) is 2.40. The molecule has 0 aliphatic heterocycles. The maximum absolute atomic E-state index is 7.28. The van der Waals surface area contributed by atoms with E-state index in [2.05, 4.69) is 15.9 Å². The quantitative estimate of drug-likeness (QED) is 0.650. The number of amidine groups is 1. The molecule has 1 aromatic carbocycles. The van der Waals surface area contributed by atoms with E-state index in [1.165, 1.54) is 0 Å². The number of benzene rings is 1. The van der Waals surface area contributed by atoms with Gasteiger partial charge in [-0.1, -0.05) is 15.9 Å². The van der Waals surface area contributed by atoms with Gasteiger partial charge in [0.05, 0.1) is 20.1 Å². The lowest BCUT2D eigenvalue weighted by Gasteiger charge is -2.13. The highest BCUT2D eigenvalue weighted by atomic mass is 79.9. The van der Waals surface area contributed by atoms with Crippen LogP contribution in [-0.4, -0.2) is 20.1 Å². The molecule has 0 aliphatic rings. The second-order valence-electron chi connectivity index (χ2n) is 2.99. The SMILES string of the molecule is COc1cc(Br)cc(OC)c1CC(=N)N. The molecule has 82 valence electrons. The Morgan fingerprint density at radius 1 is 1.33 bits per heavy atom. The first-order valence-corrected chi connectivity index (χ1v) is 5.11. The first-order chi connectivity index (χ1) is 7.08. The van der Waals surface area contributed by atoms with Crippen LogP contribution in [0.4, 0.5) is 0 Å². The fraction of sp³-hybridized carbons (Fsp3) is 0.300. The predicted octanol–water partition coefficient (Wildman–Crippen LogP) is 1.94. The molecule has 4 nitrogen and oxygen atoms in total. The van der Waals surface area contributed by atoms with Crippen LogP contribution in [0.3, 0.4) is 0 Å². The molecule has 0 aliphatic carbocycles. The van der Waals surface area contributed by atoms with E-state index in [0.717, 1.165) is 10.0 Å². The Labute approximate surface area is 97.0 Å². The van der Waals surface area contributed by atoms with Gasteiger partial charge in [-0.05, 0) is 12.1 Å². The number of nitrogens with one attached hydrogen (secondary N) is 1. The van der Waals surface area contributed by atoms with Crippen LogP contribution in [-0.2, 0) is 6.42 Å². The van der Waals surface area contributed by atoms with Crippen LogP contribution < -0.4 is 15.2 Å². The Hall–Kier alpha value is -1.23. The van der Waals surface area contributed by atoms with Crippen LogP contribution in [0.1, 0.15) is 5.56 Å². The lowest BCUT2D eigenvalue weighted by Crippen LogP contribution is -2.14. The smallest absolute Gasteiger partial charge is 0.127 e. The lowest BCUT2D eigenvalue weighted by atomic mass is 10.1. The van der Waals surface area contributed by atoms with Gasteiger partial charge in [-0.2, -0.15) is 0 Å². The Morgan fingerprint density at radius 3 is 2.13 bits per heavy atom. The molecule has 0 spiro atoms. The summed E-state index contributed by atoms with van der Waals surface area (Å²) in [6.45, 7) is 0. The van der Waals surface area contributed by atoms with Gasteiger partial charge >= 0.3 is 0 Å². The average molecular weight is 273 g/mol. The Kier molecular flexibility index (Phi) is 3.96. The number of rotatable bonds is 4. The standard InChI is InChI=1S/C10H13BrN2O2/c1-14-8-3-6(11)4-9(15-2)7(8)5-10(12)13/h3-4H,5H2,1-2H3,(H3,12,13). The summed E-state index contributed by atoms with van der Waals surface area (Å²) in [4.78, 5) is 0. The van der Waals surface area contributed by atoms with Crippen molar-refractivity contribution in [1.29, 1.82) is 5.41 Å². The van der Waals surface area contributed by atoms with Crippen molar-refractivity contribution >= 4 is 21.8 Å². The van der Waals surface area contributed by atoms with Crippen molar-refractivity contribution in [2.45, 2.75) is 6.42 Å². The van der Waals surface area contributed by atoms with E-state index >= 15 is 0 Å². The minimum absolute atomic E-state index is 0.0777. The molecule has 0 heterocycles. The zero-order chi connectivity index (χ0) is 11.4. The van der Waals surface area contributed by atoms with Crippen molar-refractivity contribution in [3.63, 3.8) is 0 Å². The number of hydrogen-bond acceptors (Lipinski definition) is 3. The highest BCUT2D eigenvalue weighted by Crippen LogP contribution is 2.33. The fourth-order valence-corrected chi connectivity index (χ4v) is 1.73. The van der Waals surface area contributed by atoms with Crippen molar-refractivity contribution in [2.24, 2.45) is 5.73 Å². The van der Waals surface area contributed by atoms with Gasteiger partial charge in [0.15, 0.2) is 0 Å². The second kappa shape index (κ2) is 5.02. The van der Waals surface area contributed by atoms with Crippen LogP contribution in [0, 0.1) is 5.41 Å². The van der Waals surface area contributed by atoms with Gasteiger partial charge in [-0.3, -0.25) is 5.41 Å². The number of ether oxygens (including phenoxy) is 2. The van der Waals surface area contributed by atoms with E-state index < -0.39 is 0 Å². The summed E-state index contributed by atoms with van der Waals surface area (Å²) in [7, 11) is 3.15. The molecule has 15 heavy (non-hydrogen) atoms. The molecule has 1 rings (SSSR count). The molecule has 0 radical (unpaired) electrons. The van der Waals surface area contributed by atoms with Crippen molar-refractivity contribution in [3.05, 3.63) is 22.2 Å². The molecule has 0 amide bonds. The summed E-state index contributed by atoms with van der Waals surface area (Å²) in [5, 5.41) is 7.28. The third kappa shape index (κ3) is 2.86. The Balaban J connectivity index is 3.23. The summed E-state index contributed by atoms with van der Waals surface area (Å²) >= 11 is 3.35. The normalized spacial score (nSPS) is 9.80. The monoisotopic (exact) mass is 272 g/mol. The van der Waals surface area contributed by atoms with Crippen LogP contribution >= 0.6 is 15.9 Å². The molecule has 1 aromatic rings. The molecule has 0 saturated carbocycles. The molecule has 3 N–H and O–H groups in total. The highest BCUT2D eigenvalue weighted by Gasteiger charge is 2.12. The maximum Gasteiger partial charge on any atom is 0.127 e. The topological polar surface area (TPSA) is 68.3 Å². The first kappa shape index (κ1) is 11.8. The first-order valence-electron chi connectivity index (χ1n) is 4.31. The number of nitrogens with two attached hydrogens (primary N) is 1. The summed E-state index contributed by atoms with van der Waals surface area (Å²) in [6.07, 6.45) is 0.319. The molecular weight excluding hydrogens is 260 g/mol. The molecule has 0 bridgehead atoms. The van der Waals surface area contributed by atoms with Crippen LogP contribution in [0.5, 0.6) is 11.5 Å². The van der Waals surface area contributed by atoms with Gasteiger partial charge in [0, 0.05) is 16.5 Å². The number of hydrogen-bond donors (Lipinski definition) is 2. The highest BCUT2D eigenvalue weighted by molar-refractivity contribution is 9.10. The molecule has 0 saturated heterocycles. The summed E-state index contributed by atoms with van der Waals surface area (Å²) < 4.78 is 11.3. The van der Waals surface area contributed by atoms with E-state index in [4.69, 9.17) is 20.6 Å². The van der Waals surface area contributed by atoms with E-state index in [1.54, 1.807) is 14.2 Å². The zero-order valence-corrected chi connectivity index (χ0v) is 10.2. The van der Waals surface area contributed by atoms with Gasteiger partial charge in [-0.15, -0.1) is 0 Å². The fourth-order valence-electron chi connectivity index (χ4n) is 1.32. The van der Waals surface area contributed by atoms with Crippen molar-refractivity contribution < 1.29 is 9.47 Å². The predicted molar refractivity (Wildman–Crippen MR) is 62.9 cm³/mol. The zero-order valence-electron chi connectivity index (χ0n) is 8.63. The second-order valence-corrected chi connectivity index (χ2v) is 3.91. The minimum atomic E-state index is 0.0777. The molecule has 0 unspecified atom stereocenters. The Morgan fingerprint density at radius 2 is 1.80 bits per heavy atom. The average Bonchev–Trinajstić information content (AvgIpc) is 2.19. The van der Waals surface area contributed by atoms with Crippen molar-refractivity contribution in [2.75, 3.05) is 14.2 Å². The van der Waals surface area contributed by atoms with E-state index in [1.807, 2.05) is 12.1 Å². The minimum Gasteiger partial charge on any atom is -0.496 e. The van der Waals surface area contributed by atoms with E-state index in [0.29, 0.717) is 17.9 Å². The van der Waals surface area contributed by atoms with Gasteiger partial charge in [-0.25, -0.2) is 0 Å². The van der Waals surface area contributed by atoms with Crippen molar-refractivity contribution in [1.82, 2.24) is 0 Å². The molecular formula is C10H13BrN2O2. The maximum atomic E-state index is 7.28. The van der Waals surface area contributed by atoms with Crippen molar-refractivity contribution in [3.8, 4) is 11.5 Å². The Bertz CT molecular complexity index is 355. The summed E-state index contributed by atoms with van der Waals surface area (Å²) in [5.41, 5.74) is 6.16.